The van der Waals surface area contributed by atoms with E-state index in [9.17, 15) is 0 Å². The third kappa shape index (κ3) is 4.40. The molecule has 0 saturated carbocycles. The molecule has 1 saturated heterocycles. The summed E-state index contributed by atoms with van der Waals surface area (Å²) in [6.45, 7) is 5.10. The van der Waals surface area contributed by atoms with E-state index in [1.54, 1.807) is 7.11 Å². The Kier molecular flexibility index (Phi) is 6.15. The van der Waals surface area contributed by atoms with Gasteiger partial charge in [-0.05, 0) is 39.2 Å². The van der Waals surface area contributed by atoms with E-state index in [0.29, 0.717) is 12.1 Å². The van der Waals surface area contributed by atoms with Crippen molar-refractivity contribution in [1.82, 2.24) is 5.32 Å². The first-order valence-electron chi connectivity index (χ1n) is 5.68. The number of hydrogen-bond donors (Lipinski definition) is 1. The predicted octanol–water partition coefficient (Wildman–Crippen LogP) is 1.57. The molecule has 0 amide bonds. The van der Waals surface area contributed by atoms with Crippen molar-refractivity contribution < 1.29 is 9.47 Å². The van der Waals surface area contributed by atoms with Crippen molar-refractivity contribution in [3.8, 4) is 0 Å². The zero-order valence-electron chi connectivity index (χ0n) is 9.42. The average molecular weight is 201 g/mol. The van der Waals surface area contributed by atoms with Crippen LogP contribution in [0.2, 0.25) is 0 Å². The van der Waals surface area contributed by atoms with Gasteiger partial charge in [0, 0.05) is 26.4 Å². The lowest BCUT2D eigenvalue weighted by atomic mass is 10.1. The van der Waals surface area contributed by atoms with Crippen LogP contribution in [0, 0.1) is 0 Å². The Hall–Kier alpha value is -0.120. The molecule has 1 aliphatic heterocycles. The zero-order valence-corrected chi connectivity index (χ0v) is 9.42. The molecule has 1 fully saturated rings. The van der Waals surface area contributed by atoms with Gasteiger partial charge in [0.2, 0.25) is 0 Å². The number of methoxy groups -OCH3 is 1. The van der Waals surface area contributed by atoms with E-state index in [4.69, 9.17) is 9.47 Å². The summed E-state index contributed by atoms with van der Waals surface area (Å²) in [5, 5.41) is 3.50. The molecule has 1 heterocycles. The maximum absolute atomic E-state index is 5.61. The largest absolute Gasteiger partial charge is 0.385 e. The fraction of sp³-hybridized carbons (Fsp3) is 1.00. The second-order valence-corrected chi connectivity index (χ2v) is 3.99. The van der Waals surface area contributed by atoms with Crippen LogP contribution >= 0.6 is 0 Å². The fourth-order valence-electron chi connectivity index (χ4n) is 1.83. The van der Waals surface area contributed by atoms with E-state index in [-0.39, 0.29) is 0 Å². The molecule has 0 aliphatic carbocycles. The first-order chi connectivity index (χ1) is 6.84. The van der Waals surface area contributed by atoms with Crippen LogP contribution in [-0.2, 0) is 9.47 Å². The van der Waals surface area contributed by atoms with Crippen LogP contribution in [0.1, 0.15) is 32.6 Å². The van der Waals surface area contributed by atoms with Gasteiger partial charge in [0.15, 0.2) is 0 Å². The molecule has 3 nitrogen and oxygen atoms in total. The second kappa shape index (κ2) is 7.21. The number of nitrogens with one attached hydrogen (secondary N) is 1. The summed E-state index contributed by atoms with van der Waals surface area (Å²) in [6, 6.07) is 0.500. The monoisotopic (exact) mass is 201 g/mol. The highest BCUT2D eigenvalue weighted by Crippen LogP contribution is 2.15. The highest BCUT2D eigenvalue weighted by atomic mass is 16.5. The summed E-state index contributed by atoms with van der Waals surface area (Å²) in [5.74, 6) is 0. The van der Waals surface area contributed by atoms with Crippen LogP contribution in [0.5, 0.6) is 0 Å². The van der Waals surface area contributed by atoms with Crippen molar-refractivity contribution in [2.75, 3.05) is 26.9 Å². The first-order valence-corrected chi connectivity index (χ1v) is 5.68. The van der Waals surface area contributed by atoms with Crippen molar-refractivity contribution in [3.05, 3.63) is 0 Å². The van der Waals surface area contributed by atoms with Gasteiger partial charge in [0.1, 0.15) is 0 Å². The summed E-state index contributed by atoms with van der Waals surface area (Å²) < 4.78 is 10.6. The van der Waals surface area contributed by atoms with E-state index >= 15 is 0 Å². The average Bonchev–Trinajstić information content (AvgIpc) is 2.70. The number of rotatable bonds is 7. The van der Waals surface area contributed by atoms with Gasteiger partial charge in [0.05, 0.1) is 6.10 Å². The number of unbranched alkanes of at least 4 members (excludes halogenated alkanes) is 1. The molecule has 84 valence electrons. The Bertz CT molecular complexity index is 135. The van der Waals surface area contributed by atoms with Gasteiger partial charge >= 0.3 is 0 Å². The third-order valence-electron chi connectivity index (χ3n) is 2.76. The fourth-order valence-corrected chi connectivity index (χ4v) is 1.83. The standard InChI is InChI=1S/C11H23NO2/c1-10(11-6-5-9-14-11)12-7-3-4-8-13-2/h10-12H,3-9H2,1-2H3. The van der Waals surface area contributed by atoms with Crippen LogP contribution in [-0.4, -0.2) is 39.0 Å². The Morgan fingerprint density at radius 1 is 1.50 bits per heavy atom. The minimum absolute atomic E-state index is 0.442. The van der Waals surface area contributed by atoms with Gasteiger partial charge in [-0.3, -0.25) is 0 Å². The first kappa shape index (κ1) is 12.0. The zero-order chi connectivity index (χ0) is 10.2. The second-order valence-electron chi connectivity index (χ2n) is 3.99. The van der Waals surface area contributed by atoms with Gasteiger partial charge < -0.3 is 14.8 Å². The molecule has 0 bridgehead atoms. The molecule has 0 spiro atoms. The Morgan fingerprint density at radius 3 is 3.00 bits per heavy atom. The summed E-state index contributed by atoms with van der Waals surface area (Å²) in [4.78, 5) is 0. The molecule has 3 heteroatoms. The smallest absolute Gasteiger partial charge is 0.0726 e. The van der Waals surface area contributed by atoms with E-state index in [0.717, 1.165) is 26.2 Å². The van der Waals surface area contributed by atoms with Crippen molar-refractivity contribution in [1.29, 1.82) is 0 Å². The van der Waals surface area contributed by atoms with E-state index in [1.807, 2.05) is 0 Å². The summed E-state index contributed by atoms with van der Waals surface area (Å²) in [5.41, 5.74) is 0. The molecule has 2 unspecified atom stereocenters. The van der Waals surface area contributed by atoms with Crippen LogP contribution in [0.25, 0.3) is 0 Å². The molecule has 0 aromatic rings. The van der Waals surface area contributed by atoms with Crippen LogP contribution in [0.3, 0.4) is 0 Å². The van der Waals surface area contributed by atoms with Gasteiger partial charge in [-0.25, -0.2) is 0 Å². The maximum atomic E-state index is 5.61. The van der Waals surface area contributed by atoms with Gasteiger partial charge in [-0.1, -0.05) is 0 Å². The van der Waals surface area contributed by atoms with Gasteiger partial charge in [0.25, 0.3) is 0 Å². The van der Waals surface area contributed by atoms with E-state index < -0.39 is 0 Å². The summed E-state index contributed by atoms with van der Waals surface area (Å²) in [7, 11) is 1.75. The number of ether oxygens (including phenoxy) is 2. The minimum Gasteiger partial charge on any atom is -0.385 e. The van der Waals surface area contributed by atoms with Crippen molar-refractivity contribution in [2.45, 2.75) is 44.8 Å². The van der Waals surface area contributed by atoms with Crippen molar-refractivity contribution in [3.63, 3.8) is 0 Å². The molecule has 1 aliphatic rings. The lowest BCUT2D eigenvalue weighted by molar-refractivity contribution is 0.0834. The molecule has 0 radical (unpaired) electrons. The molecule has 14 heavy (non-hydrogen) atoms. The molecular formula is C11H23NO2. The normalized spacial score (nSPS) is 24.0. The minimum atomic E-state index is 0.442. The van der Waals surface area contributed by atoms with Crippen LogP contribution in [0.15, 0.2) is 0 Å². The van der Waals surface area contributed by atoms with Crippen molar-refractivity contribution >= 4 is 0 Å². The quantitative estimate of drug-likeness (QED) is 0.634. The van der Waals surface area contributed by atoms with E-state index in [2.05, 4.69) is 12.2 Å². The molecule has 2 atom stereocenters. The Labute approximate surface area is 87.2 Å². The molecule has 0 aromatic carbocycles. The van der Waals surface area contributed by atoms with E-state index in [1.165, 1.54) is 19.3 Å². The lowest BCUT2D eigenvalue weighted by Crippen LogP contribution is -2.37. The van der Waals surface area contributed by atoms with Gasteiger partial charge in [-0.15, -0.1) is 0 Å². The summed E-state index contributed by atoms with van der Waals surface area (Å²) in [6.07, 6.45) is 5.21. The molecule has 1 N–H and O–H groups in total. The maximum Gasteiger partial charge on any atom is 0.0726 e. The highest BCUT2D eigenvalue weighted by molar-refractivity contribution is 4.76. The highest BCUT2D eigenvalue weighted by Gasteiger charge is 2.21. The Morgan fingerprint density at radius 2 is 2.36 bits per heavy atom. The van der Waals surface area contributed by atoms with Crippen LogP contribution in [0.4, 0.5) is 0 Å². The van der Waals surface area contributed by atoms with Crippen LogP contribution < -0.4 is 5.32 Å². The summed E-state index contributed by atoms with van der Waals surface area (Å²) >= 11 is 0. The van der Waals surface area contributed by atoms with Crippen molar-refractivity contribution in [2.24, 2.45) is 0 Å². The molecular weight excluding hydrogens is 178 g/mol. The SMILES string of the molecule is COCCCCNC(C)C1CCCO1. The number of hydrogen-bond acceptors (Lipinski definition) is 3. The third-order valence-corrected chi connectivity index (χ3v) is 2.76. The Balaban J connectivity index is 1.94. The molecule has 1 rings (SSSR count). The topological polar surface area (TPSA) is 30.5 Å². The predicted molar refractivity (Wildman–Crippen MR) is 57.5 cm³/mol. The lowest BCUT2D eigenvalue weighted by Gasteiger charge is -2.19. The van der Waals surface area contributed by atoms with Gasteiger partial charge in [-0.2, -0.15) is 0 Å². The molecule has 0 aromatic heterocycles.